The molecule has 0 saturated carbocycles. The summed E-state index contributed by atoms with van der Waals surface area (Å²) in [5, 5.41) is 2.63. The van der Waals surface area contributed by atoms with Gasteiger partial charge in [0, 0.05) is 12.6 Å². The van der Waals surface area contributed by atoms with Gasteiger partial charge in [0.1, 0.15) is 5.75 Å². The summed E-state index contributed by atoms with van der Waals surface area (Å²) >= 11 is 0. The van der Waals surface area contributed by atoms with Crippen molar-refractivity contribution in [2.24, 2.45) is 5.84 Å². The van der Waals surface area contributed by atoms with Crippen LogP contribution in [0.4, 0.5) is 5.69 Å². The molecule has 1 unspecified atom stereocenters. The van der Waals surface area contributed by atoms with Crippen molar-refractivity contribution >= 4 is 17.5 Å². The molecule has 0 heterocycles. The second-order valence-electron chi connectivity index (χ2n) is 3.47. The molecule has 1 aromatic rings. The second kappa shape index (κ2) is 5.86. The first-order valence-electron chi connectivity index (χ1n) is 5.07. The van der Waals surface area contributed by atoms with E-state index in [9.17, 15) is 9.59 Å². The molecule has 1 rings (SSSR count). The van der Waals surface area contributed by atoms with E-state index in [1.54, 1.807) is 31.2 Å². The quantitative estimate of drug-likeness (QED) is 0.401. The SMILES string of the molecule is CC(=O)Nc1ccc(OC(C)C(=O)NN)cc1. The van der Waals surface area contributed by atoms with Gasteiger partial charge in [-0.25, -0.2) is 5.84 Å². The van der Waals surface area contributed by atoms with Gasteiger partial charge in [0.05, 0.1) is 0 Å². The Bertz CT molecular complexity index is 403. The van der Waals surface area contributed by atoms with Crippen LogP contribution in [0.5, 0.6) is 5.75 Å². The topological polar surface area (TPSA) is 93.4 Å². The van der Waals surface area contributed by atoms with Gasteiger partial charge in [-0.2, -0.15) is 0 Å². The van der Waals surface area contributed by atoms with E-state index in [-0.39, 0.29) is 5.91 Å². The molecule has 1 atom stereocenters. The van der Waals surface area contributed by atoms with Crippen molar-refractivity contribution in [1.29, 1.82) is 0 Å². The minimum atomic E-state index is -0.674. The molecule has 0 fully saturated rings. The molecule has 4 N–H and O–H groups in total. The highest BCUT2D eigenvalue weighted by Crippen LogP contribution is 2.16. The zero-order chi connectivity index (χ0) is 12.8. The Hall–Kier alpha value is -2.08. The van der Waals surface area contributed by atoms with Crippen LogP contribution in [0.25, 0.3) is 0 Å². The van der Waals surface area contributed by atoms with E-state index in [2.05, 4.69) is 5.32 Å². The highest BCUT2D eigenvalue weighted by atomic mass is 16.5. The molecule has 0 aliphatic rings. The van der Waals surface area contributed by atoms with Crippen molar-refractivity contribution in [2.75, 3.05) is 5.32 Å². The van der Waals surface area contributed by atoms with E-state index in [1.807, 2.05) is 5.43 Å². The number of anilines is 1. The molecular weight excluding hydrogens is 222 g/mol. The monoisotopic (exact) mass is 237 g/mol. The Balaban J connectivity index is 2.62. The first-order chi connectivity index (χ1) is 8.02. The Morgan fingerprint density at radius 1 is 1.29 bits per heavy atom. The summed E-state index contributed by atoms with van der Waals surface area (Å²) in [6, 6.07) is 6.69. The van der Waals surface area contributed by atoms with Gasteiger partial charge in [-0.15, -0.1) is 0 Å². The second-order valence-corrected chi connectivity index (χ2v) is 3.47. The number of benzene rings is 1. The van der Waals surface area contributed by atoms with Gasteiger partial charge in [0.25, 0.3) is 5.91 Å². The Labute approximate surface area is 99.1 Å². The van der Waals surface area contributed by atoms with Crippen LogP contribution in [0, 0.1) is 0 Å². The Morgan fingerprint density at radius 3 is 2.35 bits per heavy atom. The highest BCUT2D eigenvalue weighted by Gasteiger charge is 2.12. The fraction of sp³-hybridized carbons (Fsp3) is 0.273. The van der Waals surface area contributed by atoms with E-state index < -0.39 is 12.0 Å². The molecule has 1 aromatic carbocycles. The van der Waals surface area contributed by atoms with Crippen LogP contribution in [-0.2, 0) is 9.59 Å². The minimum absolute atomic E-state index is 0.144. The van der Waals surface area contributed by atoms with Gasteiger partial charge in [0.15, 0.2) is 6.10 Å². The van der Waals surface area contributed by atoms with Crippen molar-refractivity contribution < 1.29 is 14.3 Å². The molecular formula is C11H15N3O3. The Kier molecular flexibility index (Phi) is 4.47. The third-order valence-electron chi connectivity index (χ3n) is 2.00. The Morgan fingerprint density at radius 2 is 1.88 bits per heavy atom. The number of rotatable bonds is 4. The van der Waals surface area contributed by atoms with Gasteiger partial charge in [-0.05, 0) is 31.2 Å². The molecule has 2 amide bonds. The molecule has 0 saturated heterocycles. The number of hydrazine groups is 1. The minimum Gasteiger partial charge on any atom is -0.481 e. The van der Waals surface area contributed by atoms with Crippen LogP contribution < -0.4 is 21.3 Å². The fourth-order valence-corrected chi connectivity index (χ4v) is 1.20. The lowest BCUT2D eigenvalue weighted by molar-refractivity contribution is -0.127. The van der Waals surface area contributed by atoms with E-state index >= 15 is 0 Å². The molecule has 0 radical (unpaired) electrons. The van der Waals surface area contributed by atoms with Crippen molar-refractivity contribution in [3.05, 3.63) is 24.3 Å². The number of nitrogens with two attached hydrogens (primary N) is 1. The third-order valence-corrected chi connectivity index (χ3v) is 2.00. The summed E-state index contributed by atoms with van der Waals surface area (Å²) in [5.74, 6) is 4.95. The molecule has 0 aliphatic carbocycles. The average Bonchev–Trinajstić information content (AvgIpc) is 2.30. The highest BCUT2D eigenvalue weighted by molar-refractivity contribution is 5.88. The van der Waals surface area contributed by atoms with E-state index in [0.717, 1.165) is 0 Å². The van der Waals surface area contributed by atoms with Gasteiger partial charge >= 0.3 is 0 Å². The maximum atomic E-state index is 11.1. The molecule has 17 heavy (non-hydrogen) atoms. The van der Waals surface area contributed by atoms with Crippen LogP contribution in [0.3, 0.4) is 0 Å². The molecule has 92 valence electrons. The lowest BCUT2D eigenvalue weighted by Crippen LogP contribution is -2.40. The van der Waals surface area contributed by atoms with Gasteiger partial charge < -0.3 is 10.1 Å². The summed E-state index contributed by atoms with van der Waals surface area (Å²) < 4.78 is 5.32. The van der Waals surface area contributed by atoms with Gasteiger partial charge in [0.2, 0.25) is 5.91 Å². The van der Waals surface area contributed by atoms with Crippen LogP contribution >= 0.6 is 0 Å². The predicted octanol–water partition coefficient (Wildman–Crippen LogP) is 0.402. The number of hydrogen-bond donors (Lipinski definition) is 3. The fourth-order valence-electron chi connectivity index (χ4n) is 1.20. The molecule has 0 bridgehead atoms. The van der Waals surface area contributed by atoms with E-state index in [1.165, 1.54) is 6.92 Å². The third kappa shape index (κ3) is 4.12. The van der Waals surface area contributed by atoms with Gasteiger partial charge in [-0.3, -0.25) is 15.0 Å². The summed E-state index contributed by atoms with van der Waals surface area (Å²) in [6.45, 7) is 3.02. The van der Waals surface area contributed by atoms with E-state index in [0.29, 0.717) is 11.4 Å². The van der Waals surface area contributed by atoms with Gasteiger partial charge in [-0.1, -0.05) is 0 Å². The lowest BCUT2D eigenvalue weighted by Gasteiger charge is -2.13. The van der Waals surface area contributed by atoms with Crippen LogP contribution in [0.1, 0.15) is 13.8 Å². The number of nitrogens with one attached hydrogen (secondary N) is 2. The van der Waals surface area contributed by atoms with Crippen molar-refractivity contribution in [3.8, 4) is 5.75 Å². The maximum Gasteiger partial charge on any atom is 0.274 e. The summed E-state index contributed by atoms with van der Waals surface area (Å²) in [4.78, 5) is 21.9. The smallest absolute Gasteiger partial charge is 0.274 e. The first-order valence-corrected chi connectivity index (χ1v) is 5.07. The number of hydrogen-bond acceptors (Lipinski definition) is 4. The van der Waals surface area contributed by atoms with Crippen LogP contribution in [0.15, 0.2) is 24.3 Å². The molecule has 6 heteroatoms. The average molecular weight is 237 g/mol. The number of carbonyl (C=O) groups is 2. The van der Waals surface area contributed by atoms with Crippen molar-refractivity contribution in [2.45, 2.75) is 20.0 Å². The zero-order valence-corrected chi connectivity index (χ0v) is 9.69. The number of ether oxygens (including phenoxy) is 1. The summed E-state index contributed by atoms with van der Waals surface area (Å²) in [5.41, 5.74) is 2.67. The van der Waals surface area contributed by atoms with Crippen LogP contribution in [0.2, 0.25) is 0 Å². The maximum absolute atomic E-state index is 11.1. The standard InChI is InChI=1S/C11H15N3O3/c1-7(11(16)14-12)17-10-5-3-9(4-6-10)13-8(2)15/h3-7H,12H2,1-2H3,(H,13,15)(H,14,16). The molecule has 0 aliphatic heterocycles. The normalized spacial score (nSPS) is 11.5. The molecule has 0 spiro atoms. The van der Waals surface area contributed by atoms with E-state index in [4.69, 9.17) is 10.6 Å². The number of amides is 2. The number of carbonyl (C=O) groups excluding carboxylic acids is 2. The van der Waals surface area contributed by atoms with Crippen LogP contribution in [-0.4, -0.2) is 17.9 Å². The predicted molar refractivity (Wildman–Crippen MR) is 63.2 cm³/mol. The summed E-state index contributed by atoms with van der Waals surface area (Å²) in [6.07, 6.45) is -0.674. The van der Waals surface area contributed by atoms with Crippen molar-refractivity contribution in [3.63, 3.8) is 0 Å². The largest absolute Gasteiger partial charge is 0.481 e. The molecule has 0 aromatic heterocycles. The summed E-state index contributed by atoms with van der Waals surface area (Å²) in [7, 11) is 0. The zero-order valence-electron chi connectivity index (χ0n) is 9.69. The lowest BCUT2D eigenvalue weighted by atomic mass is 10.3. The first kappa shape index (κ1) is 13.0. The van der Waals surface area contributed by atoms with Crippen molar-refractivity contribution in [1.82, 2.24) is 5.43 Å². The molecule has 6 nitrogen and oxygen atoms in total.